The maximum atomic E-state index is 12.2. The molecule has 0 fully saturated rings. The van der Waals surface area contributed by atoms with E-state index >= 15 is 0 Å². The van der Waals surface area contributed by atoms with Crippen LogP contribution in [0.25, 0.3) is 0 Å². The minimum atomic E-state index is -1.20. The summed E-state index contributed by atoms with van der Waals surface area (Å²) in [6.07, 6.45) is 6.48. The molecule has 1 aromatic heterocycles. The molecule has 28 heavy (non-hydrogen) atoms. The number of rotatable bonds is 9. The second-order valence-electron chi connectivity index (χ2n) is 6.85. The number of carbonyl (C=O) groups excluding carboxylic acids is 1. The maximum absolute atomic E-state index is 12.2. The number of nitrogens with zero attached hydrogens (tertiary/aromatic N) is 2. The standard InChI is InChI=1S/C19H26BN3O5/c1-2-3-11-27-19(25)15-6-4-5-14-12-16(20(26)28-18(14)15)22-17(24)7-9-23-10-8-21-13-23/h4-6,8,10,13,16,19,25-26H,2-3,7,9,11-12H2,1H3,(H,22,24)/t16-,19?/m0/s1. The van der Waals surface area contributed by atoms with E-state index in [1.165, 1.54) is 0 Å². The number of aliphatic hydroxyl groups is 1. The van der Waals surface area contributed by atoms with E-state index < -0.39 is 19.3 Å². The van der Waals surface area contributed by atoms with Crippen molar-refractivity contribution in [3.63, 3.8) is 0 Å². The molecule has 3 rings (SSSR count). The zero-order valence-electron chi connectivity index (χ0n) is 16.0. The first-order chi connectivity index (χ1) is 13.6. The van der Waals surface area contributed by atoms with Gasteiger partial charge in [0.05, 0.1) is 18.9 Å². The van der Waals surface area contributed by atoms with E-state index in [1.807, 2.05) is 17.6 Å². The van der Waals surface area contributed by atoms with Crippen molar-refractivity contribution in [1.29, 1.82) is 0 Å². The number of unbranched alkanes of at least 4 members (excludes halogenated alkanes) is 1. The Hall–Kier alpha value is -2.36. The summed E-state index contributed by atoms with van der Waals surface area (Å²) in [4.78, 5) is 16.2. The Labute approximate surface area is 164 Å². The number of para-hydroxylation sites is 1. The predicted octanol–water partition coefficient (Wildman–Crippen LogP) is 1.22. The summed E-state index contributed by atoms with van der Waals surface area (Å²) in [6.45, 7) is 3.00. The fourth-order valence-electron chi connectivity index (χ4n) is 3.12. The topological polar surface area (TPSA) is 106 Å². The van der Waals surface area contributed by atoms with Crippen LogP contribution in [0.1, 0.15) is 43.6 Å². The summed E-state index contributed by atoms with van der Waals surface area (Å²) >= 11 is 0. The lowest BCUT2D eigenvalue weighted by Gasteiger charge is -2.30. The van der Waals surface area contributed by atoms with Crippen LogP contribution in [-0.2, 0) is 22.5 Å². The highest BCUT2D eigenvalue weighted by Crippen LogP contribution is 2.34. The van der Waals surface area contributed by atoms with Gasteiger partial charge in [0.2, 0.25) is 5.91 Å². The van der Waals surface area contributed by atoms with Crippen LogP contribution < -0.4 is 9.97 Å². The van der Waals surface area contributed by atoms with Crippen LogP contribution in [0.5, 0.6) is 5.75 Å². The van der Waals surface area contributed by atoms with Crippen molar-refractivity contribution in [2.24, 2.45) is 0 Å². The first kappa shape index (κ1) is 20.4. The molecule has 0 saturated carbocycles. The fourth-order valence-corrected chi connectivity index (χ4v) is 3.12. The molecule has 1 aliphatic heterocycles. The van der Waals surface area contributed by atoms with Crippen LogP contribution in [0.3, 0.4) is 0 Å². The summed E-state index contributed by atoms with van der Waals surface area (Å²) in [5.74, 6) is -0.317. The number of ether oxygens (including phenoxy) is 1. The number of nitrogens with one attached hydrogen (secondary N) is 1. The highest BCUT2D eigenvalue weighted by Gasteiger charge is 2.37. The highest BCUT2D eigenvalue weighted by molar-refractivity contribution is 6.46. The summed E-state index contributed by atoms with van der Waals surface area (Å²) in [5, 5.41) is 23.5. The van der Waals surface area contributed by atoms with E-state index in [-0.39, 0.29) is 12.3 Å². The van der Waals surface area contributed by atoms with E-state index in [0.29, 0.717) is 30.9 Å². The Bertz CT molecular complexity index is 771. The van der Waals surface area contributed by atoms with E-state index in [4.69, 9.17) is 9.39 Å². The van der Waals surface area contributed by atoms with Crippen molar-refractivity contribution in [3.05, 3.63) is 48.0 Å². The highest BCUT2D eigenvalue weighted by atomic mass is 16.6. The van der Waals surface area contributed by atoms with E-state index in [2.05, 4.69) is 10.3 Å². The molecule has 2 atom stereocenters. The molecule has 2 aromatic rings. The van der Waals surface area contributed by atoms with Gasteiger partial charge >= 0.3 is 7.12 Å². The van der Waals surface area contributed by atoms with Gasteiger partial charge in [-0.1, -0.05) is 31.5 Å². The Kier molecular flexibility index (Phi) is 7.08. The molecule has 0 radical (unpaired) electrons. The summed E-state index contributed by atoms with van der Waals surface area (Å²) in [6, 6.07) is 5.37. The van der Waals surface area contributed by atoms with Gasteiger partial charge in [-0.3, -0.25) is 4.79 Å². The number of aromatic nitrogens is 2. The largest absolute Gasteiger partial charge is 0.547 e. The second-order valence-corrected chi connectivity index (χ2v) is 6.85. The average molecular weight is 387 g/mol. The van der Waals surface area contributed by atoms with E-state index in [1.54, 1.807) is 30.9 Å². The van der Waals surface area contributed by atoms with Gasteiger partial charge in [-0.15, -0.1) is 0 Å². The third kappa shape index (κ3) is 5.12. The van der Waals surface area contributed by atoms with Gasteiger partial charge < -0.3 is 29.4 Å². The normalized spacial score (nSPS) is 17.0. The summed E-state index contributed by atoms with van der Waals surface area (Å²) in [5.41, 5.74) is 1.29. The summed E-state index contributed by atoms with van der Waals surface area (Å²) in [7, 11) is -1.20. The third-order valence-corrected chi connectivity index (χ3v) is 4.69. The number of aryl methyl sites for hydroxylation is 1. The van der Waals surface area contributed by atoms with Crippen molar-refractivity contribution in [2.75, 3.05) is 6.61 Å². The maximum Gasteiger partial charge on any atom is 0.547 e. The molecule has 1 amide bonds. The third-order valence-electron chi connectivity index (χ3n) is 4.69. The van der Waals surface area contributed by atoms with Crippen LogP contribution in [0, 0.1) is 0 Å². The van der Waals surface area contributed by atoms with E-state index in [9.17, 15) is 14.9 Å². The van der Waals surface area contributed by atoms with E-state index in [0.717, 1.165) is 18.4 Å². The SMILES string of the molecule is CCCCOC(O)c1cccc2c1OB(O)[C@@H](NC(=O)CCn1ccnc1)C2. The van der Waals surface area contributed by atoms with Crippen LogP contribution in [-0.4, -0.2) is 45.3 Å². The zero-order chi connectivity index (χ0) is 19.9. The first-order valence-corrected chi connectivity index (χ1v) is 9.59. The molecule has 150 valence electrons. The molecule has 1 aliphatic rings. The number of amides is 1. The molecule has 3 N–H and O–H groups in total. The van der Waals surface area contributed by atoms with Crippen molar-refractivity contribution in [3.8, 4) is 5.75 Å². The molecule has 0 bridgehead atoms. The zero-order valence-corrected chi connectivity index (χ0v) is 16.0. The van der Waals surface area contributed by atoms with Crippen LogP contribution in [0.4, 0.5) is 0 Å². The van der Waals surface area contributed by atoms with Gasteiger partial charge in [0.1, 0.15) is 5.75 Å². The Balaban J connectivity index is 1.61. The molecular weight excluding hydrogens is 361 g/mol. The lowest BCUT2D eigenvalue weighted by atomic mass is 9.72. The van der Waals surface area contributed by atoms with Crippen LogP contribution >= 0.6 is 0 Å². The smallest absolute Gasteiger partial charge is 0.534 e. The number of imidazole rings is 1. The quantitative estimate of drug-likeness (QED) is 0.340. The number of hydrogen-bond acceptors (Lipinski definition) is 6. The predicted molar refractivity (Wildman–Crippen MR) is 103 cm³/mol. The van der Waals surface area contributed by atoms with Gasteiger partial charge in [-0.05, 0) is 18.4 Å². The molecule has 0 saturated heterocycles. The minimum Gasteiger partial charge on any atom is -0.534 e. The lowest BCUT2D eigenvalue weighted by molar-refractivity contribution is -0.121. The average Bonchev–Trinajstić information content (AvgIpc) is 3.20. The Morgan fingerprint density at radius 2 is 2.39 bits per heavy atom. The molecule has 0 spiro atoms. The molecule has 9 heteroatoms. The number of carbonyl (C=O) groups is 1. The number of fused-ring (bicyclic) bond motifs is 1. The van der Waals surface area contributed by atoms with Gasteiger partial charge in [0, 0.05) is 30.9 Å². The Morgan fingerprint density at radius 3 is 3.14 bits per heavy atom. The number of aliphatic hydroxyl groups excluding tert-OH is 1. The minimum absolute atomic E-state index is 0.177. The molecule has 0 aliphatic carbocycles. The van der Waals surface area contributed by atoms with Gasteiger partial charge in [0.15, 0.2) is 6.29 Å². The second kappa shape index (κ2) is 9.72. The Morgan fingerprint density at radius 1 is 1.54 bits per heavy atom. The lowest BCUT2D eigenvalue weighted by Crippen LogP contribution is -2.53. The van der Waals surface area contributed by atoms with Gasteiger partial charge in [-0.25, -0.2) is 4.98 Å². The molecule has 1 unspecified atom stereocenters. The van der Waals surface area contributed by atoms with Crippen molar-refractivity contribution in [2.45, 2.75) is 51.4 Å². The monoisotopic (exact) mass is 387 g/mol. The first-order valence-electron chi connectivity index (χ1n) is 9.59. The number of hydrogen-bond donors (Lipinski definition) is 3. The van der Waals surface area contributed by atoms with Crippen LogP contribution in [0.2, 0.25) is 0 Å². The van der Waals surface area contributed by atoms with Crippen molar-refractivity contribution < 1.29 is 24.3 Å². The summed E-state index contributed by atoms with van der Waals surface area (Å²) < 4.78 is 12.9. The van der Waals surface area contributed by atoms with Crippen molar-refractivity contribution >= 4 is 13.0 Å². The van der Waals surface area contributed by atoms with Gasteiger partial charge in [-0.2, -0.15) is 0 Å². The fraction of sp³-hybridized carbons (Fsp3) is 0.474. The molecule has 1 aromatic carbocycles. The molecule has 2 heterocycles. The molecule has 8 nitrogen and oxygen atoms in total. The van der Waals surface area contributed by atoms with Crippen LogP contribution in [0.15, 0.2) is 36.9 Å². The molecular formula is C19H26BN3O5. The number of benzene rings is 1. The van der Waals surface area contributed by atoms with Gasteiger partial charge in [0.25, 0.3) is 0 Å². The van der Waals surface area contributed by atoms with Crippen molar-refractivity contribution in [1.82, 2.24) is 14.9 Å².